The fraction of sp³-hybridized carbons (Fsp3) is 0.194. The lowest BCUT2D eigenvalue weighted by atomic mass is 10.0. The number of hydrazine groups is 2. The number of halogens is 2. The molecule has 206 valence electrons. The molecule has 0 saturated heterocycles. The lowest BCUT2D eigenvalue weighted by Gasteiger charge is -2.23. The number of hydrogen-bond acceptors (Lipinski definition) is 8. The van der Waals surface area contributed by atoms with Gasteiger partial charge in [-0.25, -0.2) is 4.39 Å². The fourth-order valence-corrected chi connectivity index (χ4v) is 4.99. The third-order valence-electron chi connectivity index (χ3n) is 6.85. The van der Waals surface area contributed by atoms with Crippen LogP contribution in [0.2, 0.25) is 5.02 Å². The van der Waals surface area contributed by atoms with Crippen molar-refractivity contribution >= 4 is 33.9 Å². The van der Waals surface area contributed by atoms with Gasteiger partial charge in [0.1, 0.15) is 11.9 Å². The molecule has 0 aliphatic carbocycles. The number of fused-ring (bicyclic) bond motifs is 1. The molecule has 10 heteroatoms. The minimum Gasteiger partial charge on any atom is -0.376 e. The zero-order chi connectivity index (χ0) is 28.9. The summed E-state index contributed by atoms with van der Waals surface area (Å²) in [5.74, 6) is -0.326. The van der Waals surface area contributed by atoms with Gasteiger partial charge >= 0.3 is 0 Å². The number of nitrogens with zero attached hydrogens (tertiary/aromatic N) is 4. The largest absolute Gasteiger partial charge is 0.376 e. The third kappa shape index (κ3) is 6.02. The van der Waals surface area contributed by atoms with E-state index < -0.39 is 0 Å². The van der Waals surface area contributed by atoms with E-state index in [1.165, 1.54) is 18.3 Å². The van der Waals surface area contributed by atoms with E-state index in [1.54, 1.807) is 18.2 Å². The summed E-state index contributed by atoms with van der Waals surface area (Å²) in [6, 6.07) is 23.5. The van der Waals surface area contributed by atoms with E-state index in [1.807, 2.05) is 47.6 Å². The number of anilines is 2. The summed E-state index contributed by atoms with van der Waals surface area (Å²) in [5, 5.41) is 29.4. The maximum absolute atomic E-state index is 13.8. The Bertz CT molecular complexity index is 1660. The molecule has 3 aromatic carbocycles. The highest BCUT2D eigenvalue weighted by atomic mass is 35.5. The van der Waals surface area contributed by atoms with Crippen LogP contribution < -0.4 is 21.6 Å². The maximum atomic E-state index is 13.8. The fourth-order valence-electron chi connectivity index (χ4n) is 4.72. The highest BCUT2D eigenvalue weighted by molar-refractivity contribution is 6.35. The zero-order valence-corrected chi connectivity index (χ0v) is 23.2. The van der Waals surface area contributed by atoms with Crippen molar-refractivity contribution in [2.45, 2.75) is 38.4 Å². The molecule has 2 atom stereocenters. The molecule has 4 N–H and O–H groups in total. The van der Waals surface area contributed by atoms with Crippen LogP contribution in [0.1, 0.15) is 49.0 Å². The number of nitrogens with one attached hydrogen (secondary N) is 4. The van der Waals surface area contributed by atoms with Gasteiger partial charge in [-0.3, -0.25) is 9.99 Å². The Morgan fingerprint density at radius 1 is 1.02 bits per heavy atom. The van der Waals surface area contributed by atoms with Gasteiger partial charge in [-0.2, -0.15) is 10.5 Å². The predicted octanol–water partition coefficient (Wildman–Crippen LogP) is 6.69. The lowest BCUT2D eigenvalue weighted by Crippen LogP contribution is -2.41. The monoisotopic (exact) mass is 566 g/mol. The first kappa shape index (κ1) is 27.7. The molecule has 0 bridgehead atoms. The van der Waals surface area contributed by atoms with Crippen LogP contribution in [0.3, 0.4) is 0 Å². The van der Waals surface area contributed by atoms with Crippen LogP contribution in [0.15, 0.2) is 84.8 Å². The molecule has 2 heterocycles. The maximum Gasteiger partial charge on any atom is 0.123 e. The van der Waals surface area contributed by atoms with E-state index in [9.17, 15) is 14.9 Å². The molecule has 41 heavy (non-hydrogen) atoms. The second-order valence-electron chi connectivity index (χ2n) is 9.93. The van der Waals surface area contributed by atoms with Gasteiger partial charge in [0.25, 0.3) is 0 Å². The van der Waals surface area contributed by atoms with Gasteiger partial charge in [-0.1, -0.05) is 54.1 Å². The van der Waals surface area contributed by atoms with Crippen molar-refractivity contribution in [1.82, 2.24) is 21.0 Å². The molecule has 1 aliphatic heterocycles. The quantitative estimate of drug-likeness (QED) is 0.177. The normalized spacial score (nSPS) is 14.1. The second-order valence-corrected chi connectivity index (χ2v) is 10.3. The Kier molecular flexibility index (Phi) is 8.21. The molecule has 0 radical (unpaired) electrons. The molecule has 4 aromatic rings. The van der Waals surface area contributed by atoms with E-state index in [0.717, 1.165) is 16.8 Å². The van der Waals surface area contributed by atoms with E-state index in [0.29, 0.717) is 32.9 Å². The van der Waals surface area contributed by atoms with E-state index in [4.69, 9.17) is 11.6 Å². The van der Waals surface area contributed by atoms with Gasteiger partial charge < -0.3 is 16.1 Å². The highest BCUT2D eigenvalue weighted by Crippen LogP contribution is 2.37. The molecule has 8 nitrogen and oxygen atoms in total. The summed E-state index contributed by atoms with van der Waals surface area (Å²) < 4.78 is 13.8. The average molecular weight is 567 g/mol. The van der Waals surface area contributed by atoms with Crippen molar-refractivity contribution in [1.29, 1.82) is 10.5 Å². The van der Waals surface area contributed by atoms with Crippen molar-refractivity contribution in [2.24, 2.45) is 0 Å². The van der Waals surface area contributed by atoms with E-state index >= 15 is 0 Å². The number of aromatic nitrogens is 1. The molecule has 0 saturated carbocycles. The molecule has 1 aromatic heterocycles. The Labute approximate surface area is 243 Å². The van der Waals surface area contributed by atoms with Gasteiger partial charge in [-0.05, 0) is 49.2 Å². The topological polar surface area (TPSA) is 112 Å². The molecule has 1 aliphatic rings. The predicted molar refractivity (Wildman–Crippen MR) is 159 cm³/mol. The highest BCUT2D eigenvalue weighted by Gasteiger charge is 2.25. The summed E-state index contributed by atoms with van der Waals surface area (Å²) in [6.45, 7) is 4.11. The Morgan fingerprint density at radius 2 is 1.78 bits per heavy atom. The summed E-state index contributed by atoms with van der Waals surface area (Å²) in [4.78, 5) is 4.46. The average Bonchev–Trinajstić information content (AvgIpc) is 3.47. The third-order valence-corrected chi connectivity index (χ3v) is 7.14. The summed E-state index contributed by atoms with van der Waals surface area (Å²) in [5.41, 5.74) is 11.0. The second kappa shape index (κ2) is 12.1. The summed E-state index contributed by atoms with van der Waals surface area (Å²) in [7, 11) is 0. The first-order valence-electron chi connectivity index (χ1n) is 13.1. The van der Waals surface area contributed by atoms with E-state index in [2.05, 4.69) is 52.6 Å². The number of nitriles is 2. The number of hydrogen-bond donors (Lipinski definition) is 4. The number of pyridine rings is 1. The van der Waals surface area contributed by atoms with Gasteiger partial charge in [0.15, 0.2) is 0 Å². The van der Waals surface area contributed by atoms with E-state index in [-0.39, 0.29) is 30.4 Å². The van der Waals surface area contributed by atoms with Crippen molar-refractivity contribution in [2.75, 3.05) is 10.6 Å². The minimum absolute atomic E-state index is 0.191. The number of rotatable bonds is 9. The number of benzene rings is 3. The van der Waals surface area contributed by atoms with Crippen LogP contribution in [-0.4, -0.2) is 16.0 Å². The Hall–Kier alpha value is -4.83. The molecule has 0 spiro atoms. The molecule has 0 unspecified atom stereocenters. The lowest BCUT2D eigenvalue weighted by molar-refractivity contribution is 0.221. The first-order chi connectivity index (χ1) is 19.9. The Morgan fingerprint density at radius 3 is 2.44 bits per heavy atom. The van der Waals surface area contributed by atoms with Crippen LogP contribution in [0.5, 0.6) is 0 Å². The van der Waals surface area contributed by atoms with Gasteiger partial charge in [0, 0.05) is 29.5 Å². The van der Waals surface area contributed by atoms with Gasteiger partial charge in [0.2, 0.25) is 0 Å². The van der Waals surface area contributed by atoms with Crippen LogP contribution in [0.4, 0.5) is 15.8 Å². The van der Waals surface area contributed by atoms with Crippen molar-refractivity contribution in [3.05, 3.63) is 112 Å². The van der Waals surface area contributed by atoms with Gasteiger partial charge in [-0.15, -0.1) is 5.53 Å². The van der Waals surface area contributed by atoms with Crippen LogP contribution in [0, 0.1) is 28.5 Å². The molecular formula is C31H28ClFN8. The SMILES string of the molecule is CC(C)N1C=C([C@@H](Nc2cc(Cl)c3ncc(C#N)c(N[C@H](CC#N)c4ccccc4)c3c2)c2ccc(F)cc2)NN1. The smallest absolute Gasteiger partial charge is 0.123 e. The van der Waals surface area contributed by atoms with Crippen molar-refractivity contribution in [3.63, 3.8) is 0 Å². The van der Waals surface area contributed by atoms with Crippen molar-refractivity contribution < 1.29 is 4.39 Å². The molecule has 0 fully saturated rings. The van der Waals surface area contributed by atoms with Crippen LogP contribution >= 0.6 is 11.6 Å². The zero-order valence-electron chi connectivity index (χ0n) is 22.5. The first-order valence-corrected chi connectivity index (χ1v) is 13.5. The summed E-state index contributed by atoms with van der Waals surface area (Å²) in [6.07, 6.45) is 3.64. The standard InChI is InChI=1S/C31H28ClFN8/c1-19(2)41-18-28(39-40-41)30(21-8-10-23(33)11-9-21)37-24-14-25-29(22(16-35)17-36-31(25)26(32)15-24)38-27(12-13-34)20-6-4-3-5-7-20/h3-11,14-15,17-19,27,30,37,39-40H,12H2,1-2H3,(H,36,38)/t27-,30+/m1/s1. The molecule has 0 amide bonds. The minimum atomic E-state index is -0.389. The van der Waals surface area contributed by atoms with Crippen molar-refractivity contribution in [3.8, 4) is 12.1 Å². The molecular weight excluding hydrogens is 539 g/mol. The molecule has 5 rings (SSSR count). The van der Waals surface area contributed by atoms with Crippen LogP contribution in [0.25, 0.3) is 10.9 Å². The van der Waals surface area contributed by atoms with Gasteiger partial charge in [0.05, 0.1) is 52.1 Å². The Balaban J connectivity index is 1.59. The van der Waals surface area contributed by atoms with Crippen LogP contribution in [-0.2, 0) is 0 Å². The summed E-state index contributed by atoms with van der Waals surface area (Å²) >= 11 is 6.75.